The van der Waals surface area contributed by atoms with Crippen LogP contribution in [0.5, 0.6) is 17.2 Å². The molecule has 1 saturated heterocycles. The van der Waals surface area contributed by atoms with Crippen molar-refractivity contribution < 1.29 is 62.2 Å². The largest absolute Gasteiger partial charge is 0.507 e. The Balaban J connectivity index is 1.14. The van der Waals surface area contributed by atoms with Gasteiger partial charge in [0, 0.05) is 86.7 Å². The van der Waals surface area contributed by atoms with Crippen molar-refractivity contribution in [3.05, 3.63) is 99.7 Å². The Hall–Kier alpha value is -6.56. The first-order valence-corrected chi connectivity index (χ1v) is 27.8. The summed E-state index contributed by atoms with van der Waals surface area (Å²) in [5.41, 5.74) is 0.801. The Morgan fingerprint density at radius 1 is 0.949 bits per heavy atom. The normalized spacial score (nSPS) is 28.3. The highest BCUT2D eigenvalue weighted by Crippen LogP contribution is 2.51. The van der Waals surface area contributed by atoms with Crippen LogP contribution >= 0.6 is 0 Å². The maximum atomic E-state index is 15.0. The van der Waals surface area contributed by atoms with Crippen molar-refractivity contribution in [3.63, 3.8) is 0 Å². The zero-order valence-electron chi connectivity index (χ0n) is 46.0. The minimum atomic E-state index is -3.88. The monoisotopic (exact) mass is 1100 g/mol. The van der Waals surface area contributed by atoms with Gasteiger partial charge in [-0.1, -0.05) is 82.7 Å². The number of fused-ring (bicyclic) bond motifs is 13. The lowest BCUT2D eigenvalue weighted by atomic mass is 9.78. The summed E-state index contributed by atoms with van der Waals surface area (Å²) in [5, 5.41) is 59.5. The number of aryl methyl sites for hydroxylation is 1. The van der Waals surface area contributed by atoms with Gasteiger partial charge in [0.05, 0.1) is 64.5 Å². The number of nitrogens with one attached hydrogen (secondary N) is 2. The fourth-order valence-electron chi connectivity index (χ4n) is 10.8. The number of Topliss-reactive ketones (excluding diaryl/α,β-unsaturated/α-hetero) is 1. The molecule has 1 spiro atoms. The van der Waals surface area contributed by atoms with Gasteiger partial charge in [0.1, 0.15) is 40.5 Å². The molecule has 9 atom stereocenters. The van der Waals surface area contributed by atoms with Crippen molar-refractivity contribution in [2.24, 2.45) is 39.6 Å². The second-order valence-electron chi connectivity index (χ2n) is 21.9. The van der Waals surface area contributed by atoms with Crippen molar-refractivity contribution in [2.45, 2.75) is 136 Å². The number of carbonyl (C=O) groups is 3. The van der Waals surface area contributed by atoms with E-state index < -0.39 is 105 Å². The summed E-state index contributed by atoms with van der Waals surface area (Å²) >= 11 is 0. The Kier molecular flexibility index (Phi) is 16.7. The number of hydrogen-bond donors (Lipinski definition) is 6. The maximum absolute atomic E-state index is 15.0. The van der Waals surface area contributed by atoms with Gasteiger partial charge in [-0.25, -0.2) is 22.8 Å². The summed E-state index contributed by atoms with van der Waals surface area (Å²) in [7, 11) is -2.46. The number of nitrogens with zero attached hydrogens (tertiary/aromatic N) is 6. The number of aromatic nitrogens is 3. The number of allylic oxidation sites excluding steroid dienone is 2. The van der Waals surface area contributed by atoms with Crippen LogP contribution in [0.3, 0.4) is 0 Å². The number of rotatable bonds is 10. The molecule has 5 aliphatic rings. The molecule has 420 valence electrons. The lowest BCUT2D eigenvalue weighted by Crippen LogP contribution is -2.47. The number of phenols is 2. The summed E-state index contributed by atoms with van der Waals surface area (Å²) < 4.78 is 54.2. The molecule has 1 fully saturated rings. The summed E-state index contributed by atoms with van der Waals surface area (Å²) in [5.74, 6) is -7.71. The number of piperidine rings is 1. The van der Waals surface area contributed by atoms with E-state index in [-0.39, 0.29) is 61.1 Å². The first-order chi connectivity index (χ1) is 36.8. The van der Waals surface area contributed by atoms with E-state index in [2.05, 4.69) is 44.1 Å². The summed E-state index contributed by atoms with van der Waals surface area (Å²) in [6, 6.07) is 6.35. The van der Waals surface area contributed by atoms with Crippen LogP contribution in [0.1, 0.15) is 95.4 Å². The molecular weight excluding hydrogens is 1020 g/mol. The lowest BCUT2D eigenvalue weighted by molar-refractivity contribution is -0.164. The van der Waals surface area contributed by atoms with Gasteiger partial charge in [0.2, 0.25) is 10.0 Å². The number of ether oxygens (including phenoxy) is 4. The number of esters is 1. The molecule has 5 bridgehead atoms. The molecule has 9 rings (SSSR count). The van der Waals surface area contributed by atoms with Gasteiger partial charge in [0.15, 0.2) is 5.75 Å². The van der Waals surface area contributed by atoms with Crippen molar-refractivity contribution in [1.82, 2.24) is 24.6 Å². The van der Waals surface area contributed by atoms with E-state index in [0.29, 0.717) is 37.5 Å². The zero-order chi connectivity index (χ0) is 56.8. The molecule has 4 aromatic rings. The van der Waals surface area contributed by atoms with E-state index in [1.165, 1.54) is 62.4 Å². The first kappa shape index (κ1) is 57.6. The van der Waals surface area contributed by atoms with Crippen LogP contribution in [0.4, 0.5) is 5.69 Å². The SMILES string of the molecule is CO[C@H]1/C=C/O[C@@]2(C)Oc3c(C)c(O)c4c(O)c(c5c(c4c3C2=O)NC2(CCN(CC(C)C)CC2)N=5)=NC(=O)/C(C)=C\C=C\[C@H](C)[C@H](O)[C@@H](C)[C@@H](O)[C@@H](C)[C@H](OC(=O)Cn2cc(CNS(=O)(=O)c3ccc(C)cc3)nn2)[C@@H]1C. The van der Waals surface area contributed by atoms with E-state index in [4.69, 9.17) is 23.9 Å². The number of carbonyl (C=O) groups excluding carboxylic acids is 3. The fraction of sp³-hybridized carbons (Fsp3) is 0.518. The number of aliphatic hydroxyl groups excluding tert-OH is 2. The number of methoxy groups -OCH3 is 1. The molecule has 0 saturated carbocycles. The number of sulfonamides is 1. The fourth-order valence-corrected chi connectivity index (χ4v) is 11.8. The predicted molar refractivity (Wildman–Crippen MR) is 287 cm³/mol. The second-order valence-corrected chi connectivity index (χ2v) is 23.7. The summed E-state index contributed by atoms with van der Waals surface area (Å²) in [6.45, 7) is 19.1. The van der Waals surface area contributed by atoms with E-state index in [0.717, 1.165) is 12.1 Å². The van der Waals surface area contributed by atoms with Gasteiger partial charge >= 0.3 is 11.8 Å². The van der Waals surface area contributed by atoms with Crippen LogP contribution in [0.25, 0.3) is 10.8 Å². The minimum Gasteiger partial charge on any atom is -0.507 e. The zero-order valence-corrected chi connectivity index (χ0v) is 46.8. The van der Waals surface area contributed by atoms with E-state index in [1.54, 1.807) is 58.9 Å². The van der Waals surface area contributed by atoms with Crippen LogP contribution in [-0.4, -0.2) is 129 Å². The highest BCUT2D eigenvalue weighted by atomic mass is 32.2. The highest BCUT2D eigenvalue weighted by molar-refractivity contribution is 7.89. The van der Waals surface area contributed by atoms with Gasteiger partial charge in [-0.2, -0.15) is 0 Å². The molecule has 0 unspecified atom stereocenters. The van der Waals surface area contributed by atoms with E-state index in [1.807, 2.05) is 6.92 Å². The van der Waals surface area contributed by atoms with Crippen LogP contribution in [-0.2, 0) is 46.9 Å². The van der Waals surface area contributed by atoms with E-state index >= 15 is 0 Å². The topological polar surface area (TPSA) is 286 Å². The molecule has 0 radical (unpaired) electrons. The maximum Gasteiger partial charge on any atom is 0.328 e. The average Bonchev–Trinajstić information content (AvgIpc) is 4.03. The highest BCUT2D eigenvalue weighted by Gasteiger charge is 2.51. The Morgan fingerprint density at radius 2 is 1.64 bits per heavy atom. The standard InChI is InChI=1S/C56H72N8O13S/c1-29(2)26-63-22-20-56(21-23-63)59-44-41-42-49(68)36(9)52-43(41)53(70)55(10,77-52)75-24-19-39(74-11)33(6)51(76-40(65)28-64-27-37(61-62-64)25-57-78(72,73)38-17-15-30(3)16-18-38)35(8)48(67)34(7)47(66)31(4)13-12-14-32(5)54(71)58-46(50(42)69)45(44)60-56/h12-19,24,27,29,31,33-35,39,47-48,51,57,59,66-69H,20-23,25-26,28H2,1-11H3/b13-12+,24-19+,32-14-,58-46?/t31-,33+,34+,35+,39-,47-,48+,51+,55-/m0/s1. The number of benzene rings is 3. The van der Waals surface area contributed by atoms with Gasteiger partial charge < -0.3 is 49.6 Å². The number of aromatic hydroxyl groups is 2. The quantitative estimate of drug-likeness (QED) is 0.0918. The van der Waals surface area contributed by atoms with Crippen molar-refractivity contribution in [2.75, 3.05) is 32.1 Å². The second kappa shape index (κ2) is 22.7. The molecule has 5 aliphatic heterocycles. The smallest absolute Gasteiger partial charge is 0.328 e. The Bertz CT molecular complexity index is 3310. The molecule has 1 aromatic heterocycles. The van der Waals surface area contributed by atoms with Gasteiger partial charge in [-0.3, -0.25) is 19.4 Å². The summed E-state index contributed by atoms with van der Waals surface area (Å²) in [4.78, 5) is 54.9. The number of aliphatic hydroxyl groups is 2. The summed E-state index contributed by atoms with van der Waals surface area (Å²) in [6.07, 6.45) is 5.57. The molecule has 6 N–H and O–H groups in total. The van der Waals surface area contributed by atoms with Crippen molar-refractivity contribution >= 4 is 44.1 Å². The average molecular weight is 1100 g/mol. The van der Waals surface area contributed by atoms with Gasteiger partial charge in [-0.15, -0.1) is 5.10 Å². The molecule has 3 aromatic carbocycles. The number of phenolic OH excluding ortho intramolecular Hbond substituents is 2. The van der Waals surface area contributed by atoms with Crippen LogP contribution in [0.2, 0.25) is 0 Å². The lowest BCUT2D eigenvalue weighted by Gasteiger charge is -2.38. The molecular formula is C56H72N8O13S. The number of likely N-dealkylation sites (tertiary alicyclic amines) is 1. The van der Waals surface area contributed by atoms with Crippen LogP contribution in [0, 0.1) is 43.4 Å². The number of anilines is 1. The van der Waals surface area contributed by atoms with Gasteiger partial charge in [0.25, 0.3) is 11.7 Å². The van der Waals surface area contributed by atoms with Gasteiger partial charge in [-0.05, 0) is 44.9 Å². The number of hydrogen-bond acceptors (Lipinski definition) is 18. The van der Waals surface area contributed by atoms with Crippen molar-refractivity contribution in [1.29, 1.82) is 0 Å². The third-order valence-corrected chi connectivity index (χ3v) is 16.9. The molecule has 6 heterocycles. The molecule has 22 heteroatoms. The molecule has 0 aliphatic carbocycles. The minimum absolute atomic E-state index is 0.00760. The van der Waals surface area contributed by atoms with Crippen LogP contribution < -0.4 is 25.5 Å². The Morgan fingerprint density at radius 3 is 2.31 bits per heavy atom. The van der Waals surface area contributed by atoms with E-state index in [9.17, 15) is 43.2 Å². The number of ketones is 1. The Labute approximate surface area is 453 Å². The first-order valence-electron chi connectivity index (χ1n) is 26.3. The van der Waals surface area contributed by atoms with Crippen LogP contribution in [0.15, 0.2) is 81.5 Å². The molecule has 78 heavy (non-hydrogen) atoms. The molecule has 1 amide bonds. The predicted octanol–water partition coefficient (Wildman–Crippen LogP) is 4.81. The van der Waals surface area contributed by atoms with Crippen molar-refractivity contribution in [3.8, 4) is 17.2 Å². The third-order valence-electron chi connectivity index (χ3n) is 15.5. The number of amides is 1. The third kappa shape index (κ3) is 11.5. The molecule has 21 nitrogen and oxygen atoms in total.